The van der Waals surface area contributed by atoms with Gasteiger partial charge in [-0.15, -0.1) is 0 Å². The Bertz CT molecular complexity index is 1650. The van der Waals surface area contributed by atoms with Crippen molar-refractivity contribution in [2.75, 3.05) is 6.61 Å². The highest BCUT2D eigenvalue weighted by molar-refractivity contribution is 6.74. The van der Waals surface area contributed by atoms with Crippen LogP contribution in [-0.4, -0.2) is 26.2 Å². The van der Waals surface area contributed by atoms with Gasteiger partial charge in [0.15, 0.2) is 14.6 Å². The van der Waals surface area contributed by atoms with Crippen LogP contribution in [0.2, 0.25) is 23.2 Å². The molecule has 1 fully saturated rings. The van der Waals surface area contributed by atoms with E-state index in [-0.39, 0.29) is 17.4 Å². The van der Waals surface area contributed by atoms with E-state index in [2.05, 4.69) is 114 Å². The number of benzene rings is 3. The number of ether oxygens (including phenoxy) is 2. The van der Waals surface area contributed by atoms with Gasteiger partial charge < -0.3 is 13.9 Å². The van der Waals surface area contributed by atoms with Crippen molar-refractivity contribution in [3.63, 3.8) is 0 Å². The van der Waals surface area contributed by atoms with E-state index in [0.29, 0.717) is 5.02 Å². The molecule has 4 nitrogen and oxygen atoms in total. The first-order valence-corrected chi connectivity index (χ1v) is 20.0. The summed E-state index contributed by atoms with van der Waals surface area (Å²) in [4.78, 5) is 4.80. The van der Waals surface area contributed by atoms with Gasteiger partial charge in [-0.3, -0.25) is 0 Å². The molecule has 1 aliphatic heterocycles. The molecule has 0 saturated carbocycles. The summed E-state index contributed by atoms with van der Waals surface area (Å²) in [6, 6.07) is 27.4. The number of hydrogen-bond acceptors (Lipinski definition) is 4. The number of rotatable bonds is 11. The van der Waals surface area contributed by atoms with Crippen LogP contribution in [0.5, 0.6) is 0 Å². The van der Waals surface area contributed by atoms with Crippen molar-refractivity contribution in [1.29, 1.82) is 0 Å². The molecular formula is C40H50ClNO3Si. The van der Waals surface area contributed by atoms with Crippen molar-refractivity contribution in [3.8, 4) is 0 Å². The third kappa shape index (κ3) is 8.75. The number of pyridine rings is 1. The highest BCUT2D eigenvalue weighted by atomic mass is 35.5. The summed E-state index contributed by atoms with van der Waals surface area (Å²) in [7, 11) is -2.07. The number of nitrogens with zero attached hydrogens (tertiary/aromatic N) is 1. The van der Waals surface area contributed by atoms with E-state index in [1.54, 1.807) is 0 Å². The third-order valence-corrected chi connectivity index (χ3v) is 14.3. The topological polar surface area (TPSA) is 40.6 Å². The predicted octanol–water partition coefficient (Wildman–Crippen LogP) is 11.5. The molecule has 1 saturated heterocycles. The number of halogens is 1. The van der Waals surface area contributed by atoms with E-state index in [1.165, 1.54) is 16.7 Å². The molecule has 1 aromatic heterocycles. The van der Waals surface area contributed by atoms with Crippen LogP contribution in [0.4, 0.5) is 0 Å². The van der Waals surface area contributed by atoms with Crippen LogP contribution in [0.25, 0.3) is 23.1 Å². The van der Waals surface area contributed by atoms with Gasteiger partial charge in [-0.2, -0.15) is 0 Å². The van der Waals surface area contributed by atoms with Crippen LogP contribution in [0.3, 0.4) is 0 Å². The highest BCUT2D eigenvalue weighted by Gasteiger charge is 2.39. The summed E-state index contributed by atoms with van der Waals surface area (Å²) in [5.41, 5.74) is 6.18. The van der Waals surface area contributed by atoms with Crippen molar-refractivity contribution >= 4 is 43.0 Å². The van der Waals surface area contributed by atoms with E-state index < -0.39 is 13.9 Å². The molecule has 0 aliphatic carbocycles. The molecule has 0 bridgehead atoms. The van der Waals surface area contributed by atoms with E-state index in [1.807, 2.05) is 24.3 Å². The minimum absolute atomic E-state index is 0.0334. The first-order chi connectivity index (χ1) is 21.8. The lowest BCUT2D eigenvalue weighted by Crippen LogP contribution is -2.42. The van der Waals surface area contributed by atoms with Crippen molar-refractivity contribution in [2.45, 2.75) is 103 Å². The summed E-state index contributed by atoms with van der Waals surface area (Å²) >= 11 is 6.22. The summed E-state index contributed by atoms with van der Waals surface area (Å²) < 4.78 is 19.7. The zero-order valence-electron chi connectivity index (χ0n) is 28.6. The van der Waals surface area contributed by atoms with Gasteiger partial charge >= 0.3 is 0 Å². The summed E-state index contributed by atoms with van der Waals surface area (Å²) in [6.07, 6.45) is 8.99. The largest absolute Gasteiger partial charge is 0.410 e. The van der Waals surface area contributed by atoms with Crippen molar-refractivity contribution in [3.05, 3.63) is 112 Å². The quantitative estimate of drug-likeness (QED) is 0.151. The number of aromatic nitrogens is 1. The fourth-order valence-electron chi connectivity index (χ4n) is 5.88. The Balaban J connectivity index is 1.39. The molecule has 2 unspecified atom stereocenters. The molecule has 6 heteroatoms. The maximum absolute atomic E-state index is 7.17. The van der Waals surface area contributed by atoms with Gasteiger partial charge in [-0.1, -0.05) is 93.0 Å². The zero-order chi connectivity index (χ0) is 33.0. The van der Waals surface area contributed by atoms with Gasteiger partial charge in [0, 0.05) is 17.0 Å². The third-order valence-electron chi connectivity index (χ3n) is 9.55. The lowest BCUT2D eigenvalue weighted by atomic mass is 9.89. The molecule has 4 aromatic rings. The molecule has 3 aromatic carbocycles. The Labute approximate surface area is 282 Å². The molecule has 0 amide bonds. The van der Waals surface area contributed by atoms with Crippen LogP contribution in [-0.2, 0) is 25.9 Å². The minimum Gasteiger partial charge on any atom is -0.410 e. The van der Waals surface area contributed by atoms with E-state index in [4.69, 9.17) is 30.5 Å². The summed E-state index contributed by atoms with van der Waals surface area (Å²) in [5, 5.41) is 1.87. The average molecular weight is 656 g/mol. The van der Waals surface area contributed by atoms with Crippen molar-refractivity contribution in [2.24, 2.45) is 0 Å². The fraction of sp³-hybridized carbons (Fsp3) is 0.425. The second kappa shape index (κ2) is 14.5. The second-order valence-electron chi connectivity index (χ2n) is 14.6. The smallest absolute Gasteiger partial charge is 0.192 e. The predicted molar refractivity (Wildman–Crippen MR) is 196 cm³/mol. The van der Waals surface area contributed by atoms with Crippen LogP contribution in [0.1, 0.15) is 94.4 Å². The first kappa shape index (κ1) is 34.5. The van der Waals surface area contributed by atoms with E-state index in [0.717, 1.165) is 60.9 Å². The molecule has 0 radical (unpaired) electrons. The summed E-state index contributed by atoms with van der Waals surface area (Å²) in [5.74, 6) is 0. The lowest BCUT2D eigenvalue weighted by Gasteiger charge is -2.40. The van der Waals surface area contributed by atoms with Crippen LogP contribution in [0, 0.1) is 0 Å². The van der Waals surface area contributed by atoms with Crippen molar-refractivity contribution < 1.29 is 13.9 Å². The van der Waals surface area contributed by atoms with Gasteiger partial charge in [-0.05, 0) is 117 Å². The maximum Gasteiger partial charge on any atom is 0.192 e. The summed E-state index contributed by atoms with van der Waals surface area (Å²) in [6.45, 7) is 16.7. The molecule has 5 rings (SSSR count). The molecule has 2 heterocycles. The van der Waals surface area contributed by atoms with Gasteiger partial charge in [0.2, 0.25) is 0 Å². The van der Waals surface area contributed by atoms with E-state index in [9.17, 15) is 0 Å². The second-order valence-corrected chi connectivity index (χ2v) is 19.8. The number of fused-ring (bicyclic) bond motifs is 1. The zero-order valence-corrected chi connectivity index (χ0v) is 30.4. The van der Waals surface area contributed by atoms with Crippen LogP contribution < -0.4 is 0 Å². The Morgan fingerprint density at radius 2 is 1.72 bits per heavy atom. The molecule has 0 N–H and O–H groups in total. The van der Waals surface area contributed by atoms with Gasteiger partial charge in [0.25, 0.3) is 0 Å². The minimum atomic E-state index is -2.07. The molecule has 244 valence electrons. The molecule has 46 heavy (non-hydrogen) atoms. The monoisotopic (exact) mass is 655 g/mol. The van der Waals surface area contributed by atoms with Gasteiger partial charge in [0.05, 0.1) is 22.9 Å². The molecular weight excluding hydrogens is 606 g/mol. The molecule has 2 atom stereocenters. The van der Waals surface area contributed by atoms with Gasteiger partial charge in [0.1, 0.15) is 0 Å². The standard InChI is InChI=1S/C40H50ClNO3Si/c1-39(2,3)46(6,7)45-37(25-21-30-14-8-9-16-35(30)40(4,5)44-38-17-10-11-26-43-38)32-15-12-13-29(27-32)18-23-34-24-20-31-19-22-33(41)28-36(31)42-34/h8-9,12-16,18-20,22-24,27-28,37-38H,10-11,17,21,25-26H2,1-7H3/b23-18+. The average Bonchev–Trinajstić information content (AvgIpc) is 3.02. The first-order valence-electron chi connectivity index (χ1n) is 16.7. The number of aryl methyl sites for hydroxylation is 1. The lowest BCUT2D eigenvalue weighted by molar-refractivity contribution is -0.219. The fourth-order valence-corrected chi connectivity index (χ4v) is 7.36. The van der Waals surface area contributed by atoms with E-state index >= 15 is 0 Å². The molecule has 0 spiro atoms. The maximum atomic E-state index is 7.17. The normalized spacial score (nSPS) is 17.1. The van der Waals surface area contributed by atoms with Crippen LogP contribution in [0.15, 0.2) is 78.9 Å². The SMILES string of the molecule is CC(C)(OC1CCCCO1)c1ccccc1CCC(O[Si](C)(C)C(C)(C)C)c1cccc(/C=C/c2ccc3ccc(Cl)cc3n2)c1. The Kier molecular flexibility index (Phi) is 10.9. The number of hydrogen-bond donors (Lipinski definition) is 0. The van der Waals surface area contributed by atoms with Crippen molar-refractivity contribution in [1.82, 2.24) is 4.98 Å². The Hall–Kier alpha value is -2.80. The van der Waals surface area contributed by atoms with Crippen LogP contribution >= 0.6 is 11.6 Å². The molecule has 1 aliphatic rings. The Morgan fingerprint density at radius 1 is 0.935 bits per heavy atom. The highest BCUT2D eigenvalue weighted by Crippen LogP contribution is 2.41. The Morgan fingerprint density at radius 3 is 2.48 bits per heavy atom. The van der Waals surface area contributed by atoms with Gasteiger partial charge in [-0.25, -0.2) is 4.98 Å².